The van der Waals surface area contributed by atoms with E-state index >= 15 is 0 Å². The van der Waals surface area contributed by atoms with E-state index in [1.54, 1.807) is 11.8 Å². The maximum absolute atomic E-state index is 12.1. The summed E-state index contributed by atoms with van der Waals surface area (Å²) in [6.07, 6.45) is 0. The summed E-state index contributed by atoms with van der Waals surface area (Å²) in [6, 6.07) is 0. The molecule has 1 amide bonds. The molecule has 2 rings (SSSR count). The molecular weight excluding hydrogens is 258 g/mol. The molecule has 2 heterocycles. The van der Waals surface area contributed by atoms with E-state index in [1.807, 2.05) is 25.7 Å². The van der Waals surface area contributed by atoms with E-state index in [0.717, 1.165) is 0 Å². The lowest BCUT2D eigenvalue weighted by Crippen LogP contribution is -2.49. The molecule has 1 aliphatic rings. The third-order valence-electron chi connectivity index (χ3n) is 3.42. The van der Waals surface area contributed by atoms with Crippen molar-refractivity contribution in [1.29, 1.82) is 0 Å². The minimum atomic E-state index is -0.327. The van der Waals surface area contributed by atoms with Crippen LogP contribution in [0.25, 0.3) is 0 Å². The number of hydrogen-bond acceptors (Lipinski definition) is 5. The molecule has 110 valence electrons. The monoisotopic (exact) mass is 279 g/mol. The molecule has 0 aromatic carbocycles. The van der Waals surface area contributed by atoms with E-state index in [1.165, 1.54) is 0 Å². The van der Waals surface area contributed by atoms with E-state index in [-0.39, 0.29) is 16.9 Å². The quantitative estimate of drug-likeness (QED) is 0.790. The second-order valence-corrected chi connectivity index (χ2v) is 6.07. The van der Waals surface area contributed by atoms with E-state index in [2.05, 4.69) is 15.2 Å². The fourth-order valence-electron chi connectivity index (χ4n) is 2.19. The Bertz CT molecular complexity index is 553. The van der Waals surface area contributed by atoms with Crippen LogP contribution in [0.3, 0.4) is 0 Å². The van der Waals surface area contributed by atoms with Gasteiger partial charge in [0, 0.05) is 38.5 Å². The van der Waals surface area contributed by atoms with Gasteiger partial charge in [0.15, 0.2) is 0 Å². The second kappa shape index (κ2) is 5.22. The van der Waals surface area contributed by atoms with Crippen LogP contribution >= 0.6 is 0 Å². The minimum absolute atomic E-state index is 0.0762. The highest BCUT2D eigenvalue weighted by Crippen LogP contribution is 2.16. The van der Waals surface area contributed by atoms with Gasteiger partial charge in [0.2, 0.25) is 11.9 Å². The molecule has 1 N–H and O–H groups in total. The Hall–Kier alpha value is -1.92. The second-order valence-electron chi connectivity index (χ2n) is 6.07. The first-order valence-electron chi connectivity index (χ1n) is 6.77. The molecule has 0 radical (unpaired) electrons. The van der Waals surface area contributed by atoms with E-state index in [0.29, 0.717) is 37.8 Å². The molecule has 1 aliphatic heterocycles. The summed E-state index contributed by atoms with van der Waals surface area (Å²) in [5.74, 6) is 0.554. The van der Waals surface area contributed by atoms with Gasteiger partial charge in [-0.05, 0) is 0 Å². The van der Waals surface area contributed by atoms with Gasteiger partial charge in [0.1, 0.15) is 5.69 Å². The number of piperazine rings is 1. The smallest absolute Gasteiger partial charge is 0.274 e. The van der Waals surface area contributed by atoms with Gasteiger partial charge in [-0.1, -0.05) is 20.8 Å². The van der Waals surface area contributed by atoms with Crippen LogP contribution in [0.15, 0.2) is 4.79 Å². The van der Waals surface area contributed by atoms with Crippen molar-refractivity contribution in [3.05, 3.63) is 16.0 Å². The van der Waals surface area contributed by atoms with E-state index < -0.39 is 0 Å². The first-order chi connectivity index (χ1) is 9.29. The van der Waals surface area contributed by atoms with Crippen LogP contribution in [0.1, 0.15) is 33.4 Å². The third-order valence-corrected chi connectivity index (χ3v) is 3.42. The Morgan fingerprint density at radius 3 is 2.20 bits per heavy atom. The van der Waals surface area contributed by atoms with Gasteiger partial charge in [-0.2, -0.15) is 0 Å². The molecule has 1 fully saturated rings. The Balaban J connectivity index is 2.14. The van der Waals surface area contributed by atoms with Crippen molar-refractivity contribution in [2.24, 2.45) is 0 Å². The normalized spacial score (nSPS) is 16.4. The molecule has 0 bridgehead atoms. The van der Waals surface area contributed by atoms with Gasteiger partial charge in [0.05, 0.1) is 0 Å². The van der Waals surface area contributed by atoms with Crippen molar-refractivity contribution in [3.63, 3.8) is 0 Å². The van der Waals surface area contributed by atoms with Gasteiger partial charge in [-0.25, -0.2) is 0 Å². The number of anilines is 1. The average Bonchev–Trinajstić information content (AvgIpc) is 2.37. The predicted octanol–water partition coefficient (Wildman–Crippen LogP) is 0.131. The average molecular weight is 279 g/mol. The highest BCUT2D eigenvalue weighted by atomic mass is 16.2. The summed E-state index contributed by atoms with van der Waals surface area (Å²) in [4.78, 5) is 29.8. The van der Waals surface area contributed by atoms with Crippen LogP contribution in [0.2, 0.25) is 0 Å². The van der Waals surface area contributed by atoms with Crippen molar-refractivity contribution >= 4 is 11.9 Å². The SMILES string of the molecule is CC(=O)N1CCN(c2nnc(C(C)(C)C)c(=O)[nH]2)CC1. The van der Waals surface area contributed by atoms with Crippen LogP contribution in [0.5, 0.6) is 0 Å². The maximum Gasteiger partial charge on any atom is 0.274 e. The Labute approximate surface area is 118 Å². The summed E-state index contributed by atoms with van der Waals surface area (Å²) in [5.41, 5.74) is -0.0907. The molecule has 0 unspecified atom stereocenters. The molecule has 1 aromatic heterocycles. The largest absolute Gasteiger partial charge is 0.339 e. The number of nitrogens with one attached hydrogen (secondary N) is 1. The molecule has 0 saturated carbocycles. The molecule has 0 spiro atoms. The predicted molar refractivity (Wildman–Crippen MR) is 75.8 cm³/mol. The van der Waals surface area contributed by atoms with Gasteiger partial charge < -0.3 is 9.80 Å². The van der Waals surface area contributed by atoms with Gasteiger partial charge in [0.25, 0.3) is 5.56 Å². The fraction of sp³-hybridized carbons (Fsp3) is 0.692. The third kappa shape index (κ3) is 2.97. The van der Waals surface area contributed by atoms with Gasteiger partial charge in [-0.3, -0.25) is 14.6 Å². The number of amides is 1. The van der Waals surface area contributed by atoms with Crippen LogP contribution < -0.4 is 10.5 Å². The zero-order valence-corrected chi connectivity index (χ0v) is 12.4. The van der Waals surface area contributed by atoms with E-state index in [4.69, 9.17) is 0 Å². The summed E-state index contributed by atoms with van der Waals surface area (Å²) in [7, 11) is 0. The van der Waals surface area contributed by atoms with Crippen LogP contribution in [0, 0.1) is 0 Å². The summed E-state index contributed by atoms with van der Waals surface area (Å²) in [6.45, 7) is 9.93. The van der Waals surface area contributed by atoms with Crippen molar-refractivity contribution in [2.75, 3.05) is 31.1 Å². The summed E-state index contributed by atoms with van der Waals surface area (Å²) >= 11 is 0. The number of carbonyl (C=O) groups is 1. The summed E-state index contributed by atoms with van der Waals surface area (Å²) in [5, 5.41) is 8.18. The standard InChI is InChI=1S/C13H21N5O2/c1-9(19)17-5-7-18(8-6-17)12-14-11(20)10(15-16-12)13(2,3)4/h5-8H2,1-4H3,(H,14,16,20). The van der Waals surface area contributed by atoms with Crippen molar-refractivity contribution in [2.45, 2.75) is 33.1 Å². The Morgan fingerprint density at radius 2 is 1.75 bits per heavy atom. The topological polar surface area (TPSA) is 82.2 Å². The van der Waals surface area contributed by atoms with Crippen LogP contribution in [0.4, 0.5) is 5.95 Å². The Kier molecular flexibility index (Phi) is 3.78. The minimum Gasteiger partial charge on any atom is -0.339 e. The molecule has 7 nitrogen and oxygen atoms in total. The molecular formula is C13H21N5O2. The highest BCUT2D eigenvalue weighted by molar-refractivity contribution is 5.73. The molecule has 1 saturated heterocycles. The van der Waals surface area contributed by atoms with E-state index in [9.17, 15) is 9.59 Å². The molecule has 20 heavy (non-hydrogen) atoms. The molecule has 0 atom stereocenters. The zero-order valence-electron chi connectivity index (χ0n) is 12.4. The van der Waals surface area contributed by atoms with Gasteiger partial charge >= 0.3 is 0 Å². The Morgan fingerprint density at radius 1 is 1.15 bits per heavy atom. The number of rotatable bonds is 1. The number of H-pyrrole nitrogens is 1. The zero-order chi connectivity index (χ0) is 14.9. The van der Waals surface area contributed by atoms with Gasteiger partial charge in [-0.15, -0.1) is 10.2 Å². The maximum atomic E-state index is 12.1. The summed E-state index contributed by atoms with van der Waals surface area (Å²) < 4.78 is 0. The number of carbonyl (C=O) groups excluding carboxylic acids is 1. The first kappa shape index (κ1) is 14.5. The van der Waals surface area contributed by atoms with Crippen LogP contribution in [-0.2, 0) is 10.2 Å². The number of aromatic nitrogens is 3. The first-order valence-corrected chi connectivity index (χ1v) is 6.77. The number of nitrogens with zero attached hydrogens (tertiary/aromatic N) is 4. The van der Waals surface area contributed by atoms with Crippen molar-refractivity contribution in [3.8, 4) is 0 Å². The lowest BCUT2D eigenvalue weighted by molar-refractivity contribution is -0.129. The van der Waals surface area contributed by atoms with Crippen LogP contribution in [-0.4, -0.2) is 52.2 Å². The van der Waals surface area contributed by atoms with Crippen molar-refractivity contribution in [1.82, 2.24) is 20.1 Å². The fourth-order valence-corrected chi connectivity index (χ4v) is 2.19. The highest BCUT2D eigenvalue weighted by Gasteiger charge is 2.24. The lowest BCUT2D eigenvalue weighted by atomic mass is 9.93. The van der Waals surface area contributed by atoms with Crippen molar-refractivity contribution < 1.29 is 4.79 Å². The molecule has 7 heteroatoms. The number of aromatic amines is 1. The lowest BCUT2D eigenvalue weighted by Gasteiger charge is -2.34. The molecule has 1 aromatic rings. The number of hydrogen-bond donors (Lipinski definition) is 1. The molecule has 0 aliphatic carbocycles.